The van der Waals surface area contributed by atoms with E-state index in [0.717, 1.165) is 45.7 Å². The number of carbonyl (C=O) groups is 1. The zero-order valence-corrected chi connectivity index (χ0v) is 11.2. The molecule has 17 heavy (non-hydrogen) atoms. The quantitative estimate of drug-likeness (QED) is 0.769. The molecule has 1 rings (SSSR count). The average Bonchev–Trinajstić information content (AvgIpc) is 2.35. The van der Waals surface area contributed by atoms with E-state index in [1.165, 1.54) is 0 Å². The third-order valence-electron chi connectivity index (χ3n) is 2.86. The summed E-state index contributed by atoms with van der Waals surface area (Å²) in [6.45, 7) is 8.18. The molecule has 0 bridgehead atoms. The van der Waals surface area contributed by atoms with Crippen molar-refractivity contribution in [2.45, 2.75) is 13.3 Å². The molecule has 1 aliphatic rings. The first-order valence-electron chi connectivity index (χ1n) is 6.23. The molecule has 1 aliphatic heterocycles. The second-order valence-corrected chi connectivity index (χ2v) is 4.54. The molecule has 1 N–H and O–H groups in total. The first kappa shape index (κ1) is 14.5. The van der Waals surface area contributed by atoms with Crippen molar-refractivity contribution in [2.75, 3.05) is 45.8 Å². The highest BCUT2D eigenvalue weighted by Gasteiger charge is 2.17. The molecule has 0 unspecified atom stereocenters. The second-order valence-electron chi connectivity index (χ2n) is 4.29. The summed E-state index contributed by atoms with van der Waals surface area (Å²) < 4.78 is 0. The van der Waals surface area contributed by atoms with Gasteiger partial charge in [-0.15, -0.1) is 0 Å². The van der Waals surface area contributed by atoms with Crippen LogP contribution in [0.15, 0.2) is 11.6 Å². The second kappa shape index (κ2) is 8.50. The minimum absolute atomic E-state index is 0.140. The normalized spacial score (nSPS) is 18.7. The van der Waals surface area contributed by atoms with Crippen molar-refractivity contribution in [3.8, 4) is 0 Å². The molecule has 0 aromatic heterocycles. The Morgan fingerprint density at radius 3 is 2.53 bits per heavy atom. The molecule has 1 fully saturated rings. The van der Waals surface area contributed by atoms with E-state index < -0.39 is 0 Å². The van der Waals surface area contributed by atoms with Crippen LogP contribution < -0.4 is 5.32 Å². The maximum atomic E-state index is 11.5. The predicted molar refractivity (Wildman–Crippen MR) is 71.2 cm³/mol. The predicted octanol–water partition coefficient (Wildman–Crippen LogP) is 0.883. The molecule has 5 heteroatoms. The van der Waals surface area contributed by atoms with E-state index in [4.69, 9.17) is 11.6 Å². The van der Waals surface area contributed by atoms with Gasteiger partial charge in [0, 0.05) is 44.8 Å². The Balaban J connectivity index is 2.16. The topological polar surface area (TPSA) is 35.6 Å². The first-order chi connectivity index (χ1) is 8.26. The third kappa shape index (κ3) is 6.05. The van der Waals surface area contributed by atoms with E-state index in [-0.39, 0.29) is 5.91 Å². The minimum atomic E-state index is 0.140. The smallest absolute Gasteiger partial charge is 0.234 e. The third-order valence-corrected chi connectivity index (χ3v) is 3.04. The number of hydrogen-bond acceptors (Lipinski definition) is 3. The molecule has 0 spiro atoms. The molecule has 0 saturated carbocycles. The summed E-state index contributed by atoms with van der Waals surface area (Å²) in [6.07, 6.45) is 2.94. The maximum Gasteiger partial charge on any atom is 0.234 e. The molecule has 1 heterocycles. The van der Waals surface area contributed by atoms with Crippen LogP contribution in [0.5, 0.6) is 0 Å². The molecule has 0 radical (unpaired) electrons. The average molecular weight is 260 g/mol. The van der Waals surface area contributed by atoms with Crippen LogP contribution in [0, 0.1) is 0 Å². The van der Waals surface area contributed by atoms with E-state index in [1.807, 2.05) is 6.08 Å². The lowest BCUT2D eigenvalue weighted by atomic mass is 10.3. The minimum Gasteiger partial charge on any atom is -0.355 e. The van der Waals surface area contributed by atoms with Gasteiger partial charge in [-0.05, 0) is 6.42 Å². The SMILES string of the molecule is CCCNC(=O)CN1CCN(C/C=C/Cl)CC1. The molecule has 1 saturated heterocycles. The van der Waals surface area contributed by atoms with Gasteiger partial charge in [0.05, 0.1) is 6.54 Å². The van der Waals surface area contributed by atoms with E-state index in [9.17, 15) is 4.79 Å². The largest absolute Gasteiger partial charge is 0.355 e. The van der Waals surface area contributed by atoms with E-state index >= 15 is 0 Å². The van der Waals surface area contributed by atoms with Crippen LogP contribution in [-0.2, 0) is 4.79 Å². The highest BCUT2D eigenvalue weighted by atomic mass is 35.5. The molecule has 0 aromatic rings. The van der Waals surface area contributed by atoms with Gasteiger partial charge in [0.2, 0.25) is 5.91 Å². The van der Waals surface area contributed by atoms with Gasteiger partial charge in [-0.2, -0.15) is 0 Å². The maximum absolute atomic E-state index is 11.5. The first-order valence-corrected chi connectivity index (χ1v) is 6.66. The Morgan fingerprint density at radius 2 is 1.94 bits per heavy atom. The summed E-state index contributed by atoms with van der Waals surface area (Å²) in [5.41, 5.74) is 1.56. The number of rotatable bonds is 6. The number of piperazine rings is 1. The van der Waals surface area contributed by atoms with Crippen molar-refractivity contribution in [1.82, 2.24) is 15.1 Å². The van der Waals surface area contributed by atoms with Crippen molar-refractivity contribution >= 4 is 17.5 Å². The van der Waals surface area contributed by atoms with Gasteiger partial charge in [-0.1, -0.05) is 24.6 Å². The fraction of sp³-hybridized carbons (Fsp3) is 0.750. The summed E-state index contributed by atoms with van der Waals surface area (Å²) in [4.78, 5) is 16.1. The van der Waals surface area contributed by atoms with Crippen molar-refractivity contribution in [3.63, 3.8) is 0 Å². The number of amides is 1. The zero-order valence-electron chi connectivity index (χ0n) is 10.5. The highest BCUT2D eigenvalue weighted by molar-refractivity contribution is 6.25. The molecule has 0 aliphatic carbocycles. The van der Waals surface area contributed by atoms with Crippen LogP contribution in [0.2, 0.25) is 0 Å². The number of nitrogens with zero attached hydrogens (tertiary/aromatic N) is 2. The Bertz CT molecular complexity index is 250. The molecular weight excluding hydrogens is 238 g/mol. The van der Waals surface area contributed by atoms with Gasteiger partial charge in [-0.25, -0.2) is 0 Å². The highest BCUT2D eigenvalue weighted by Crippen LogP contribution is 2.01. The van der Waals surface area contributed by atoms with Crippen LogP contribution >= 0.6 is 11.6 Å². The molecule has 4 nitrogen and oxygen atoms in total. The monoisotopic (exact) mass is 259 g/mol. The lowest BCUT2D eigenvalue weighted by Gasteiger charge is -2.33. The van der Waals surface area contributed by atoms with Crippen LogP contribution in [0.25, 0.3) is 0 Å². The fourth-order valence-electron chi connectivity index (χ4n) is 1.84. The number of carbonyl (C=O) groups excluding carboxylic acids is 1. The van der Waals surface area contributed by atoms with Crippen LogP contribution in [0.4, 0.5) is 0 Å². The summed E-state index contributed by atoms with van der Waals surface area (Å²) in [6, 6.07) is 0. The summed E-state index contributed by atoms with van der Waals surface area (Å²) in [7, 11) is 0. The number of nitrogens with one attached hydrogen (secondary N) is 1. The molecular formula is C12H22ClN3O. The summed E-state index contributed by atoms with van der Waals surface area (Å²) in [5, 5.41) is 2.90. The Hall–Kier alpha value is -0.580. The van der Waals surface area contributed by atoms with Crippen LogP contribution in [0.3, 0.4) is 0 Å². The lowest BCUT2D eigenvalue weighted by Crippen LogP contribution is -2.49. The number of hydrogen-bond donors (Lipinski definition) is 1. The molecule has 98 valence electrons. The van der Waals surface area contributed by atoms with Gasteiger partial charge in [-0.3, -0.25) is 14.6 Å². The Morgan fingerprint density at radius 1 is 1.29 bits per heavy atom. The summed E-state index contributed by atoms with van der Waals surface area (Å²) in [5.74, 6) is 0.140. The fourth-order valence-corrected chi connectivity index (χ4v) is 1.92. The van der Waals surface area contributed by atoms with E-state index in [1.54, 1.807) is 5.54 Å². The van der Waals surface area contributed by atoms with Crippen molar-refractivity contribution in [1.29, 1.82) is 0 Å². The molecule has 1 amide bonds. The zero-order chi connectivity index (χ0) is 12.5. The number of halogens is 1. The van der Waals surface area contributed by atoms with Crippen LogP contribution in [-0.4, -0.2) is 61.5 Å². The van der Waals surface area contributed by atoms with Crippen molar-refractivity contribution in [3.05, 3.63) is 11.6 Å². The summed E-state index contributed by atoms with van der Waals surface area (Å²) >= 11 is 5.50. The van der Waals surface area contributed by atoms with Crippen LogP contribution in [0.1, 0.15) is 13.3 Å². The van der Waals surface area contributed by atoms with Gasteiger partial charge < -0.3 is 5.32 Å². The van der Waals surface area contributed by atoms with Crippen molar-refractivity contribution in [2.24, 2.45) is 0 Å². The van der Waals surface area contributed by atoms with Gasteiger partial charge in [0.15, 0.2) is 0 Å². The van der Waals surface area contributed by atoms with E-state index in [2.05, 4.69) is 22.0 Å². The van der Waals surface area contributed by atoms with E-state index in [0.29, 0.717) is 6.54 Å². The lowest BCUT2D eigenvalue weighted by molar-refractivity contribution is -0.122. The molecule has 0 atom stereocenters. The molecule has 0 aromatic carbocycles. The Labute approximate surface area is 109 Å². The van der Waals surface area contributed by atoms with Gasteiger partial charge >= 0.3 is 0 Å². The Kier molecular flexibility index (Phi) is 7.24. The van der Waals surface area contributed by atoms with Gasteiger partial charge in [0.1, 0.15) is 0 Å². The van der Waals surface area contributed by atoms with Crippen molar-refractivity contribution < 1.29 is 4.79 Å². The standard InChI is InChI=1S/C12H22ClN3O/c1-2-5-14-12(17)11-16-9-7-15(8-10-16)6-3-4-13/h3-4H,2,5-11H2,1H3,(H,14,17)/b4-3+. The van der Waals surface area contributed by atoms with Gasteiger partial charge in [0.25, 0.3) is 0 Å².